The minimum Gasteiger partial charge on any atom is -0.497 e. The van der Waals surface area contributed by atoms with E-state index in [4.69, 9.17) is 9.47 Å². The summed E-state index contributed by atoms with van der Waals surface area (Å²) in [5.41, 5.74) is 2.24. The fraction of sp³-hybridized carbons (Fsp3) is 0.235. The normalized spacial score (nSPS) is 10.8. The van der Waals surface area contributed by atoms with Gasteiger partial charge in [-0.15, -0.1) is 0 Å². The van der Waals surface area contributed by atoms with Crippen LogP contribution in [0, 0.1) is 6.92 Å². The first-order valence-electron chi connectivity index (χ1n) is 7.31. The second kappa shape index (κ2) is 6.92. The highest BCUT2D eigenvalue weighted by Crippen LogP contribution is 2.27. The molecule has 0 unspecified atom stereocenters. The summed E-state index contributed by atoms with van der Waals surface area (Å²) >= 11 is 1.40. The van der Waals surface area contributed by atoms with Gasteiger partial charge in [0, 0.05) is 18.0 Å². The number of benzene rings is 1. The van der Waals surface area contributed by atoms with E-state index in [1.807, 2.05) is 37.3 Å². The van der Waals surface area contributed by atoms with Gasteiger partial charge in [-0.3, -0.25) is 4.40 Å². The van der Waals surface area contributed by atoms with Crippen molar-refractivity contribution in [2.45, 2.75) is 17.8 Å². The smallest absolute Gasteiger partial charge is 0.355 e. The van der Waals surface area contributed by atoms with Crippen LogP contribution in [-0.4, -0.2) is 28.6 Å². The predicted octanol–water partition coefficient (Wildman–Crippen LogP) is 2.71. The summed E-state index contributed by atoms with van der Waals surface area (Å²) in [6, 6.07) is 9.39. The maximum Gasteiger partial charge on any atom is 0.355 e. The molecule has 0 N–H and O–H groups in total. The number of aryl methyl sites for hydroxylation is 1. The molecular formula is C17H17N3O3S. The Morgan fingerprint density at radius 1 is 1.12 bits per heavy atom. The number of rotatable bonds is 5. The molecule has 24 heavy (non-hydrogen) atoms. The van der Waals surface area contributed by atoms with Gasteiger partial charge in [0.1, 0.15) is 17.1 Å². The van der Waals surface area contributed by atoms with Gasteiger partial charge in [-0.1, -0.05) is 17.8 Å². The van der Waals surface area contributed by atoms with Crippen molar-refractivity contribution in [3.63, 3.8) is 0 Å². The first-order valence-corrected chi connectivity index (χ1v) is 8.30. The monoisotopic (exact) mass is 343 g/mol. The number of thioether (sulfide) groups is 1. The van der Waals surface area contributed by atoms with Crippen LogP contribution < -0.4 is 15.2 Å². The average Bonchev–Trinajstić information content (AvgIpc) is 2.60. The average molecular weight is 343 g/mol. The van der Waals surface area contributed by atoms with Crippen LogP contribution in [0.5, 0.6) is 11.5 Å². The molecule has 0 saturated carbocycles. The number of nitrogens with zero attached hydrogens (tertiary/aromatic N) is 3. The number of pyridine rings is 1. The van der Waals surface area contributed by atoms with E-state index in [0.717, 1.165) is 22.6 Å². The van der Waals surface area contributed by atoms with Gasteiger partial charge in [0.2, 0.25) is 0 Å². The molecule has 1 aromatic carbocycles. The molecule has 0 aliphatic rings. The van der Waals surface area contributed by atoms with E-state index in [9.17, 15) is 4.79 Å². The molecule has 124 valence electrons. The minimum absolute atomic E-state index is 0.325. The molecule has 0 fully saturated rings. The number of fused-ring (bicyclic) bond motifs is 1. The summed E-state index contributed by atoms with van der Waals surface area (Å²) < 4.78 is 12.0. The van der Waals surface area contributed by atoms with Crippen molar-refractivity contribution < 1.29 is 9.47 Å². The molecule has 0 amide bonds. The molecule has 0 atom stereocenters. The second-order valence-corrected chi connectivity index (χ2v) is 6.13. The van der Waals surface area contributed by atoms with Crippen LogP contribution in [0.15, 0.2) is 46.5 Å². The molecule has 0 saturated heterocycles. The van der Waals surface area contributed by atoms with Crippen LogP contribution in [0.1, 0.15) is 11.1 Å². The third-order valence-corrected chi connectivity index (χ3v) is 4.46. The summed E-state index contributed by atoms with van der Waals surface area (Å²) in [6.07, 6.45) is 1.67. The standard InChI is InChI=1S/C17H17N3O3S/c1-11-5-4-6-20-15(11)18-16(19-17(20)21)24-10-12-7-13(22-2)9-14(8-12)23-3/h4-9H,10H2,1-3H3. The van der Waals surface area contributed by atoms with Gasteiger partial charge >= 0.3 is 5.69 Å². The van der Waals surface area contributed by atoms with E-state index in [1.54, 1.807) is 20.4 Å². The number of methoxy groups -OCH3 is 2. The molecule has 0 spiro atoms. The van der Waals surface area contributed by atoms with Crippen molar-refractivity contribution >= 4 is 17.4 Å². The van der Waals surface area contributed by atoms with Crippen LogP contribution >= 0.6 is 11.8 Å². The Kier molecular flexibility index (Phi) is 4.71. The summed E-state index contributed by atoms with van der Waals surface area (Å²) in [5, 5.41) is 0.455. The first kappa shape index (κ1) is 16.3. The Hall–Kier alpha value is -2.54. The number of aromatic nitrogens is 3. The Morgan fingerprint density at radius 2 is 1.83 bits per heavy atom. The van der Waals surface area contributed by atoms with Gasteiger partial charge in [0.15, 0.2) is 5.16 Å². The van der Waals surface area contributed by atoms with Gasteiger partial charge < -0.3 is 9.47 Å². The number of ether oxygens (including phenoxy) is 2. The van der Waals surface area contributed by atoms with E-state index >= 15 is 0 Å². The van der Waals surface area contributed by atoms with Crippen molar-refractivity contribution in [3.8, 4) is 11.5 Å². The molecule has 0 bridgehead atoms. The van der Waals surface area contributed by atoms with Crippen LogP contribution in [0.25, 0.3) is 5.65 Å². The molecule has 6 nitrogen and oxygen atoms in total. The predicted molar refractivity (Wildman–Crippen MR) is 93.1 cm³/mol. The van der Waals surface area contributed by atoms with Gasteiger partial charge in [0.25, 0.3) is 0 Å². The Labute approximate surface area is 143 Å². The van der Waals surface area contributed by atoms with Crippen LogP contribution in [0.3, 0.4) is 0 Å². The zero-order valence-corrected chi connectivity index (χ0v) is 14.5. The summed E-state index contributed by atoms with van der Waals surface area (Å²) in [7, 11) is 3.23. The van der Waals surface area contributed by atoms with E-state index in [1.165, 1.54) is 16.2 Å². The molecule has 7 heteroatoms. The number of hydrogen-bond donors (Lipinski definition) is 0. The summed E-state index contributed by atoms with van der Waals surface area (Å²) in [4.78, 5) is 20.7. The maximum atomic E-state index is 12.1. The van der Waals surface area contributed by atoms with Crippen molar-refractivity contribution in [1.29, 1.82) is 0 Å². The van der Waals surface area contributed by atoms with E-state index < -0.39 is 0 Å². The quantitative estimate of drug-likeness (QED) is 0.664. The molecule has 0 radical (unpaired) electrons. The van der Waals surface area contributed by atoms with Crippen molar-refractivity contribution in [2.75, 3.05) is 14.2 Å². The van der Waals surface area contributed by atoms with Gasteiger partial charge in [-0.2, -0.15) is 4.98 Å². The molecule has 3 aromatic rings. The van der Waals surface area contributed by atoms with Gasteiger partial charge in [-0.25, -0.2) is 9.78 Å². The highest BCUT2D eigenvalue weighted by Gasteiger charge is 2.08. The summed E-state index contributed by atoms with van der Waals surface area (Å²) in [5.74, 6) is 2.05. The lowest BCUT2D eigenvalue weighted by atomic mass is 10.2. The van der Waals surface area contributed by atoms with E-state index in [-0.39, 0.29) is 5.69 Å². The molecule has 2 heterocycles. The molecular weight excluding hydrogens is 326 g/mol. The van der Waals surface area contributed by atoms with Crippen LogP contribution in [-0.2, 0) is 5.75 Å². The Balaban J connectivity index is 1.88. The maximum absolute atomic E-state index is 12.1. The van der Waals surface area contributed by atoms with E-state index in [0.29, 0.717) is 16.6 Å². The fourth-order valence-corrected chi connectivity index (χ4v) is 3.07. The third kappa shape index (κ3) is 3.35. The third-order valence-electron chi connectivity index (χ3n) is 3.54. The zero-order valence-electron chi connectivity index (χ0n) is 13.6. The zero-order chi connectivity index (χ0) is 17.1. The van der Waals surface area contributed by atoms with Gasteiger partial charge in [0.05, 0.1) is 14.2 Å². The highest BCUT2D eigenvalue weighted by atomic mass is 32.2. The van der Waals surface area contributed by atoms with Crippen molar-refractivity contribution in [2.24, 2.45) is 0 Å². The lowest BCUT2D eigenvalue weighted by molar-refractivity contribution is 0.393. The number of hydrogen-bond acceptors (Lipinski definition) is 6. The Bertz CT molecular complexity index is 918. The van der Waals surface area contributed by atoms with E-state index in [2.05, 4.69) is 9.97 Å². The lowest BCUT2D eigenvalue weighted by Crippen LogP contribution is -2.19. The van der Waals surface area contributed by atoms with Crippen LogP contribution in [0.2, 0.25) is 0 Å². The first-order chi connectivity index (χ1) is 11.6. The van der Waals surface area contributed by atoms with Crippen molar-refractivity contribution in [3.05, 3.63) is 58.1 Å². The van der Waals surface area contributed by atoms with Crippen LogP contribution in [0.4, 0.5) is 0 Å². The minimum atomic E-state index is -0.325. The fourth-order valence-electron chi connectivity index (χ4n) is 2.32. The van der Waals surface area contributed by atoms with Gasteiger partial charge in [-0.05, 0) is 36.2 Å². The molecule has 0 aliphatic heterocycles. The summed E-state index contributed by atoms with van der Waals surface area (Å²) in [6.45, 7) is 1.92. The molecule has 3 rings (SSSR count). The van der Waals surface area contributed by atoms with Crippen molar-refractivity contribution in [1.82, 2.24) is 14.4 Å². The highest BCUT2D eigenvalue weighted by molar-refractivity contribution is 7.98. The lowest BCUT2D eigenvalue weighted by Gasteiger charge is -2.08. The molecule has 0 aliphatic carbocycles. The second-order valence-electron chi connectivity index (χ2n) is 5.18. The molecule has 2 aromatic heterocycles. The topological polar surface area (TPSA) is 65.7 Å². The SMILES string of the molecule is COc1cc(CSc2nc(=O)n3cccc(C)c3n2)cc(OC)c1. The Morgan fingerprint density at radius 3 is 2.50 bits per heavy atom. The largest absolute Gasteiger partial charge is 0.497 e.